The number of alkyl carbamates (subject to hydrolysis) is 1. The van der Waals surface area contributed by atoms with Crippen LogP contribution in [0.15, 0.2) is 30.3 Å². The normalized spacial score (nSPS) is 18.9. The van der Waals surface area contributed by atoms with Gasteiger partial charge in [-0.25, -0.2) is 9.59 Å². The second kappa shape index (κ2) is 15.2. The number of amides is 2. The molecule has 0 bridgehead atoms. The molecule has 3 N–H and O–H groups in total. The van der Waals surface area contributed by atoms with Crippen molar-refractivity contribution in [1.82, 2.24) is 16.0 Å². The number of cyclic esters (lactones) is 1. The van der Waals surface area contributed by atoms with Gasteiger partial charge in [0.1, 0.15) is 17.7 Å². The van der Waals surface area contributed by atoms with Gasteiger partial charge in [0.05, 0.1) is 19.3 Å². The zero-order chi connectivity index (χ0) is 27.4. The number of benzene rings is 1. The van der Waals surface area contributed by atoms with Crippen molar-refractivity contribution in [2.75, 3.05) is 25.5 Å². The Bertz CT molecular complexity index is 863. The van der Waals surface area contributed by atoms with Crippen molar-refractivity contribution in [3.63, 3.8) is 0 Å². The van der Waals surface area contributed by atoms with Gasteiger partial charge in [0, 0.05) is 31.2 Å². The summed E-state index contributed by atoms with van der Waals surface area (Å²) in [5.41, 5.74) is 0.372. The van der Waals surface area contributed by atoms with Gasteiger partial charge >= 0.3 is 12.1 Å². The molecule has 1 aliphatic rings. The van der Waals surface area contributed by atoms with E-state index in [1.54, 1.807) is 0 Å². The van der Waals surface area contributed by atoms with E-state index < -0.39 is 29.8 Å². The number of hydrogen-bond donors (Lipinski definition) is 4. The van der Waals surface area contributed by atoms with Crippen molar-refractivity contribution in [1.29, 1.82) is 0 Å². The lowest BCUT2D eigenvalue weighted by molar-refractivity contribution is -0.143. The first kappa shape index (κ1) is 30.9. The molecular formula is C27H43N3O6S. The van der Waals surface area contributed by atoms with Crippen LogP contribution in [0, 0.1) is 5.92 Å². The molecule has 1 fully saturated rings. The molecule has 3 unspecified atom stereocenters. The summed E-state index contributed by atoms with van der Waals surface area (Å²) in [6.07, 6.45) is 0.464. The summed E-state index contributed by atoms with van der Waals surface area (Å²) >= 11 is 4.38. The van der Waals surface area contributed by atoms with Gasteiger partial charge in [-0.1, -0.05) is 50.6 Å². The highest BCUT2D eigenvalue weighted by Crippen LogP contribution is 2.14. The third kappa shape index (κ3) is 11.3. The van der Waals surface area contributed by atoms with Gasteiger partial charge in [0.15, 0.2) is 0 Å². The SMILES string of the molecule is CC[C@H](C)C(COC(Cc1ccccc1)C(=O)N[C@@H]1CCOC1=O)NCC(CS)NC(=O)OC(C)(C)C. The molecule has 208 valence electrons. The Balaban J connectivity index is 2.02. The van der Waals surface area contributed by atoms with E-state index in [-0.39, 0.29) is 30.5 Å². The van der Waals surface area contributed by atoms with Crippen LogP contribution in [0.2, 0.25) is 0 Å². The van der Waals surface area contributed by atoms with Crippen molar-refractivity contribution < 1.29 is 28.6 Å². The van der Waals surface area contributed by atoms with Crippen LogP contribution in [-0.4, -0.2) is 73.3 Å². The molecular weight excluding hydrogens is 494 g/mol. The first-order valence-corrected chi connectivity index (χ1v) is 13.6. The Kier molecular flexibility index (Phi) is 12.7. The van der Waals surface area contributed by atoms with E-state index in [1.807, 2.05) is 51.1 Å². The molecule has 0 saturated carbocycles. The summed E-state index contributed by atoms with van der Waals surface area (Å²) in [6.45, 7) is 10.7. The number of carbonyl (C=O) groups excluding carboxylic acids is 3. The lowest BCUT2D eigenvalue weighted by Gasteiger charge is -2.29. The Morgan fingerprint density at radius 1 is 1.22 bits per heavy atom. The first-order chi connectivity index (χ1) is 17.5. The van der Waals surface area contributed by atoms with Crippen LogP contribution >= 0.6 is 12.6 Å². The van der Waals surface area contributed by atoms with Crippen LogP contribution in [-0.2, 0) is 30.2 Å². The Labute approximate surface area is 226 Å². The summed E-state index contributed by atoms with van der Waals surface area (Å²) in [7, 11) is 0. The highest BCUT2D eigenvalue weighted by molar-refractivity contribution is 7.80. The lowest BCUT2D eigenvalue weighted by atomic mass is 9.99. The third-order valence-electron chi connectivity index (χ3n) is 6.18. The smallest absolute Gasteiger partial charge is 0.407 e. The van der Waals surface area contributed by atoms with E-state index in [1.165, 1.54) is 0 Å². The standard InChI is InChI=1S/C27H43N3O6S/c1-6-18(2)22(28-15-20(17-37)29-26(33)36-27(3,4)5)16-35-23(14-19-10-8-7-9-11-19)24(31)30-21-12-13-34-25(21)32/h7-11,18,20-23,28,37H,6,12-17H2,1-5H3,(H,29,33)(H,30,31)/t18-,20?,21+,22?,23?/m0/s1. The Morgan fingerprint density at radius 3 is 2.49 bits per heavy atom. The zero-order valence-electron chi connectivity index (χ0n) is 22.6. The molecule has 1 heterocycles. The van der Waals surface area contributed by atoms with Crippen molar-refractivity contribution >= 4 is 30.6 Å². The Hall–Kier alpha value is -2.30. The van der Waals surface area contributed by atoms with Crippen molar-refractivity contribution in [3.8, 4) is 0 Å². The number of rotatable bonds is 14. The molecule has 1 aliphatic heterocycles. The quantitative estimate of drug-likeness (QED) is 0.213. The average Bonchev–Trinajstić information content (AvgIpc) is 3.25. The van der Waals surface area contributed by atoms with E-state index in [0.717, 1.165) is 12.0 Å². The van der Waals surface area contributed by atoms with Crippen molar-refractivity contribution in [2.24, 2.45) is 5.92 Å². The number of carbonyl (C=O) groups is 3. The Morgan fingerprint density at radius 2 is 1.92 bits per heavy atom. The van der Waals surface area contributed by atoms with Gasteiger partial charge in [-0.15, -0.1) is 0 Å². The van der Waals surface area contributed by atoms with Crippen LogP contribution in [0.4, 0.5) is 4.79 Å². The van der Waals surface area contributed by atoms with E-state index in [2.05, 4.69) is 42.4 Å². The minimum Gasteiger partial charge on any atom is -0.464 e. The monoisotopic (exact) mass is 537 g/mol. The number of ether oxygens (including phenoxy) is 3. The van der Waals surface area contributed by atoms with Crippen LogP contribution in [0.3, 0.4) is 0 Å². The van der Waals surface area contributed by atoms with Crippen molar-refractivity contribution in [2.45, 2.75) is 83.7 Å². The van der Waals surface area contributed by atoms with Gasteiger partial charge < -0.3 is 30.2 Å². The third-order valence-corrected chi connectivity index (χ3v) is 6.62. The van der Waals surface area contributed by atoms with E-state index in [0.29, 0.717) is 31.7 Å². The topological polar surface area (TPSA) is 115 Å². The molecule has 37 heavy (non-hydrogen) atoms. The van der Waals surface area contributed by atoms with Crippen molar-refractivity contribution in [3.05, 3.63) is 35.9 Å². The number of hydrogen-bond acceptors (Lipinski definition) is 8. The number of thiol groups is 1. The molecule has 1 saturated heterocycles. The molecule has 10 heteroatoms. The predicted molar refractivity (Wildman–Crippen MR) is 146 cm³/mol. The molecule has 5 atom stereocenters. The fourth-order valence-electron chi connectivity index (χ4n) is 3.80. The van der Waals surface area contributed by atoms with Crippen LogP contribution in [0.1, 0.15) is 53.0 Å². The minimum absolute atomic E-state index is 0.0738. The van der Waals surface area contributed by atoms with Gasteiger partial charge in [0.25, 0.3) is 0 Å². The van der Waals surface area contributed by atoms with Crippen LogP contribution in [0.5, 0.6) is 0 Å². The molecule has 1 aromatic rings. The highest BCUT2D eigenvalue weighted by atomic mass is 32.1. The molecule has 2 amide bonds. The fraction of sp³-hybridized carbons (Fsp3) is 0.667. The summed E-state index contributed by atoms with van der Waals surface area (Å²) in [5.74, 6) is -0.0827. The molecule has 1 aromatic carbocycles. The molecule has 0 aliphatic carbocycles. The molecule has 2 rings (SSSR count). The van der Waals surface area contributed by atoms with E-state index in [9.17, 15) is 14.4 Å². The van der Waals surface area contributed by atoms with Crippen LogP contribution < -0.4 is 16.0 Å². The maximum absolute atomic E-state index is 13.1. The van der Waals surface area contributed by atoms with Gasteiger partial charge in [-0.3, -0.25) is 4.79 Å². The van der Waals surface area contributed by atoms with E-state index in [4.69, 9.17) is 14.2 Å². The minimum atomic E-state index is -0.773. The van der Waals surface area contributed by atoms with E-state index >= 15 is 0 Å². The first-order valence-electron chi connectivity index (χ1n) is 13.0. The number of nitrogens with one attached hydrogen (secondary N) is 3. The van der Waals surface area contributed by atoms with Crippen LogP contribution in [0.25, 0.3) is 0 Å². The molecule has 0 radical (unpaired) electrons. The summed E-state index contributed by atoms with van der Waals surface area (Å²) in [4.78, 5) is 37.2. The fourth-order valence-corrected chi connectivity index (χ4v) is 4.03. The number of esters is 1. The summed E-state index contributed by atoms with van der Waals surface area (Å²) in [5, 5.41) is 9.11. The maximum Gasteiger partial charge on any atom is 0.407 e. The summed E-state index contributed by atoms with van der Waals surface area (Å²) < 4.78 is 16.5. The van der Waals surface area contributed by atoms with Gasteiger partial charge in [-0.2, -0.15) is 12.6 Å². The largest absolute Gasteiger partial charge is 0.464 e. The van der Waals surface area contributed by atoms with Gasteiger partial charge in [0.2, 0.25) is 5.91 Å². The average molecular weight is 538 g/mol. The highest BCUT2D eigenvalue weighted by Gasteiger charge is 2.32. The second-order valence-corrected chi connectivity index (χ2v) is 10.8. The van der Waals surface area contributed by atoms with Gasteiger partial charge in [-0.05, 0) is 32.3 Å². The lowest BCUT2D eigenvalue weighted by Crippen LogP contribution is -2.51. The molecule has 9 nitrogen and oxygen atoms in total. The predicted octanol–water partition coefficient (Wildman–Crippen LogP) is 2.87. The summed E-state index contributed by atoms with van der Waals surface area (Å²) in [6, 6.07) is 8.66. The molecule has 0 spiro atoms. The molecule has 0 aromatic heterocycles. The maximum atomic E-state index is 13.1. The second-order valence-electron chi connectivity index (χ2n) is 10.5. The zero-order valence-corrected chi connectivity index (χ0v) is 23.5.